The number of sulfone groups is 1. The van der Waals surface area contributed by atoms with Crippen LogP contribution in [0.25, 0.3) is 0 Å². The first kappa shape index (κ1) is 15.8. The van der Waals surface area contributed by atoms with E-state index in [4.69, 9.17) is 9.47 Å². The number of hydrogen-bond acceptors (Lipinski definition) is 5. The minimum absolute atomic E-state index is 0.214. The van der Waals surface area contributed by atoms with E-state index in [1.165, 1.54) is 13.4 Å². The van der Waals surface area contributed by atoms with Gasteiger partial charge in [0.25, 0.3) is 0 Å². The highest BCUT2D eigenvalue weighted by Gasteiger charge is 2.30. The summed E-state index contributed by atoms with van der Waals surface area (Å²) in [4.78, 5) is 11.1. The maximum atomic E-state index is 11.7. The van der Waals surface area contributed by atoms with Gasteiger partial charge in [-0.25, -0.2) is 8.42 Å². The van der Waals surface area contributed by atoms with Crippen LogP contribution in [0.15, 0.2) is 18.2 Å². The van der Waals surface area contributed by atoms with Crippen molar-refractivity contribution in [1.29, 1.82) is 0 Å². The van der Waals surface area contributed by atoms with Crippen molar-refractivity contribution in [2.75, 3.05) is 13.4 Å². The highest BCUT2D eigenvalue weighted by Crippen LogP contribution is 2.34. The van der Waals surface area contributed by atoms with Gasteiger partial charge < -0.3 is 9.47 Å². The Hall–Kier alpha value is -1.56. The van der Waals surface area contributed by atoms with Crippen molar-refractivity contribution in [3.8, 4) is 11.5 Å². The van der Waals surface area contributed by atoms with Gasteiger partial charge in [-0.3, -0.25) is 4.79 Å². The second kappa shape index (κ2) is 6.47. The van der Waals surface area contributed by atoms with Gasteiger partial charge in [-0.1, -0.05) is 6.07 Å². The molecule has 0 N–H and O–H groups in total. The molecule has 0 saturated heterocycles. The van der Waals surface area contributed by atoms with Crippen molar-refractivity contribution in [2.24, 2.45) is 0 Å². The third-order valence-electron chi connectivity index (χ3n) is 3.82. The summed E-state index contributed by atoms with van der Waals surface area (Å²) < 4.78 is 34.5. The van der Waals surface area contributed by atoms with Crippen LogP contribution < -0.4 is 9.47 Å². The molecule has 116 valence electrons. The maximum absolute atomic E-state index is 11.7. The molecule has 1 aliphatic carbocycles. The number of aldehydes is 1. The fraction of sp³-hybridized carbons (Fsp3) is 0.533. The summed E-state index contributed by atoms with van der Waals surface area (Å²) in [5, 5.41) is -0.370. The first-order valence-corrected chi connectivity index (χ1v) is 8.89. The number of benzene rings is 1. The zero-order valence-corrected chi connectivity index (χ0v) is 13.1. The Morgan fingerprint density at radius 2 is 2.05 bits per heavy atom. The molecule has 0 spiro atoms. The molecule has 1 aromatic rings. The van der Waals surface area contributed by atoms with Crippen LogP contribution in [-0.2, 0) is 9.84 Å². The van der Waals surface area contributed by atoms with Crippen LogP contribution >= 0.6 is 0 Å². The molecule has 1 fully saturated rings. The third kappa shape index (κ3) is 3.75. The van der Waals surface area contributed by atoms with Gasteiger partial charge >= 0.3 is 0 Å². The summed E-state index contributed by atoms with van der Waals surface area (Å²) in [6, 6.07) is 5.09. The summed E-state index contributed by atoms with van der Waals surface area (Å²) in [5.41, 5.74) is 0.413. The first-order chi connectivity index (χ1) is 9.95. The van der Waals surface area contributed by atoms with Crippen LogP contribution in [0.3, 0.4) is 0 Å². The molecule has 0 bridgehead atoms. The Morgan fingerprint density at radius 3 is 2.67 bits per heavy atom. The molecule has 0 amide bonds. The summed E-state index contributed by atoms with van der Waals surface area (Å²) in [6.45, 7) is 0. The van der Waals surface area contributed by atoms with E-state index >= 15 is 0 Å². The van der Waals surface area contributed by atoms with Crippen molar-refractivity contribution in [1.82, 2.24) is 0 Å². The van der Waals surface area contributed by atoms with Crippen molar-refractivity contribution in [2.45, 2.75) is 37.0 Å². The molecule has 0 radical (unpaired) electrons. The quantitative estimate of drug-likeness (QED) is 0.780. The molecular weight excluding hydrogens is 292 g/mol. The second-order valence-corrected chi connectivity index (χ2v) is 7.68. The molecule has 5 nitrogen and oxygen atoms in total. The topological polar surface area (TPSA) is 69.7 Å². The lowest BCUT2D eigenvalue weighted by Gasteiger charge is -2.29. The minimum Gasteiger partial charge on any atom is -0.493 e. The average Bonchev–Trinajstić information content (AvgIpc) is 2.47. The molecule has 1 saturated carbocycles. The van der Waals surface area contributed by atoms with Gasteiger partial charge in [-0.15, -0.1) is 0 Å². The zero-order valence-electron chi connectivity index (χ0n) is 12.2. The minimum atomic E-state index is -3.06. The highest BCUT2D eigenvalue weighted by molar-refractivity contribution is 7.91. The van der Waals surface area contributed by atoms with Crippen molar-refractivity contribution >= 4 is 16.1 Å². The molecule has 1 aliphatic rings. The van der Waals surface area contributed by atoms with Crippen molar-refractivity contribution < 1.29 is 22.7 Å². The molecule has 1 aromatic carbocycles. The van der Waals surface area contributed by atoms with Gasteiger partial charge in [0.1, 0.15) is 15.9 Å². The predicted molar refractivity (Wildman–Crippen MR) is 79.9 cm³/mol. The summed E-state index contributed by atoms with van der Waals surface area (Å²) in [5.74, 6) is 0.884. The van der Waals surface area contributed by atoms with Gasteiger partial charge in [0.2, 0.25) is 0 Å². The van der Waals surface area contributed by atoms with Crippen LogP contribution in [0.5, 0.6) is 11.5 Å². The number of rotatable bonds is 5. The lowest BCUT2D eigenvalue weighted by Crippen LogP contribution is -2.33. The first-order valence-electron chi connectivity index (χ1n) is 6.93. The molecule has 0 heterocycles. The number of carbonyl (C=O) groups is 1. The van der Waals surface area contributed by atoms with E-state index in [0.717, 1.165) is 12.8 Å². The number of methoxy groups -OCH3 is 1. The lowest BCUT2D eigenvalue weighted by molar-refractivity contribution is 0.110. The Kier molecular flexibility index (Phi) is 4.88. The van der Waals surface area contributed by atoms with E-state index < -0.39 is 9.84 Å². The van der Waals surface area contributed by atoms with E-state index in [9.17, 15) is 13.2 Å². The summed E-state index contributed by atoms with van der Waals surface area (Å²) in [7, 11) is -1.55. The van der Waals surface area contributed by atoms with Crippen LogP contribution in [0.4, 0.5) is 0 Å². The third-order valence-corrected chi connectivity index (χ3v) is 5.46. The van der Waals surface area contributed by atoms with Crippen LogP contribution in [0, 0.1) is 0 Å². The van der Waals surface area contributed by atoms with Gasteiger partial charge in [-0.2, -0.15) is 0 Å². The van der Waals surface area contributed by atoms with E-state index in [1.807, 2.05) is 0 Å². The van der Waals surface area contributed by atoms with Crippen LogP contribution in [0.2, 0.25) is 0 Å². The fourth-order valence-corrected chi connectivity index (χ4v) is 3.84. The molecule has 21 heavy (non-hydrogen) atoms. The molecule has 6 heteroatoms. The van der Waals surface area contributed by atoms with E-state index in [0.29, 0.717) is 36.2 Å². The largest absolute Gasteiger partial charge is 0.493 e. The molecule has 2 rings (SSSR count). The molecule has 0 aromatic heterocycles. The fourth-order valence-electron chi connectivity index (χ4n) is 2.68. The SMILES string of the molecule is COc1cccc(C=O)c1OC1CCCC(S(C)(=O)=O)C1. The van der Waals surface area contributed by atoms with Crippen LogP contribution in [-0.4, -0.2) is 39.4 Å². The normalized spacial score (nSPS) is 22.6. The molecule has 0 aliphatic heterocycles. The highest BCUT2D eigenvalue weighted by atomic mass is 32.2. The Labute approximate surface area is 125 Å². The predicted octanol–water partition coefficient (Wildman–Crippen LogP) is 2.24. The Balaban J connectivity index is 2.20. The number of hydrogen-bond donors (Lipinski definition) is 0. The van der Waals surface area contributed by atoms with Gasteiger partial charge in [0, 0.05) is 12.7 Å². The molecule has 2 unspecified atom stereocenters. The average molecular weight is 312 g/mol. The Morgan fingerprint density at radius 1 is 1.29 bits per heavy atom. The summed E-state index contributed by atoms with van der Waals surface area (Å²) in [6.07, 6.45) is 4.47. The van der Waals surface area contributed by atoms with Crippen molar-refractivity contribution in [3.05, 3.63) is 23.8 Å². The monoisotopic (exact) mass is 312 g/mol. The number of para-hydroxylation sites is 1. The van der Waals surface area contributed by atoms with E-state index in [2.05, 4.69) is 0 Å². The van der Waals surface area contributed by atoms with Gasteiger partial charge in [-0.05, 0) is 31.4 Å². The zero-order chi connectivity index (χ0) is 15.5. The van der Waals surface area contributed by atoms with Crippen molar-refractivity contribution in [3.63, 3.8) is 0 Å². The number of carbonyl (C=O) groups excluding carboxylic acids is 1. The second-order valence-electron chi connectivity index (χ2n) is 5.35. The Bertz CT molecular complexity index is 608. The van der Waals surface area contributed by atoms with E-state index in [-0.39, 0.29) is 11.4 Å². The van der Waals surface area contributed by atoms with Gasteiger partial charge in [0.15, 0.2) is 17.8 Å². The standard InChI is InChI=1S/C15H20O5S/c1-19-14-8-3-5-11(10-16)15(14)20-12-6-4-7-13(9-12)21(2,17)18/h3,5,8,10,12-13H,4,6-7,9H2,1-2H3. The summed E-state index contributed by atoms with van der Waals surface area (Å²) >= 11 is 0. The van der Waals surface area contributed by atoms with Crippen LogP contribution in [0.1, 0.15) is 36.0 Å². The number of ether oxygens (including phenoxy) is 2. The van der Waals surface area contributed by atoms with Gasteiger partial charge in [0.05, 0.1) is 17.9 Å². The molecule has 2 atom stereocenters. The lowest BCUT2D eigenvalue weighted by atomic mass is 9.97. The maximum Gasteiger partial charge on any atom is 0.172 e. The molecular formula is C15H20O5S. The van der Waals surface area contributed by atoms with E-state index in [1.54, 1.807) is 18.2 Å². The smallest absolute Gasteiger partial charge is 0.172 e.